The molecular weight excluding hydrogens is 324 g/mol. The van der Waals surface area contributed by atoms with E-state index in [0.717, 1.165) is 35.3 Å². The van der Waals surface area contributed by atoms with Gasteiger partial charge in [-0.2, -0.15) is 0 Å². The number of hydrogen-bond donors (Lipinski definition) is 2. The number of carbonyl (C=O) groups is 1. The fraction of sp³-hybridized carbons (Fsp3) is 0.409. The lowest BCUT2D eigenvalue weighted by atomic mass is 9.81. The minimum atomic E-state index is -0.481. The number of carbonyl (C=O) groups excluding carboxylic acids is 1. The Morgan fingerprint density at radius 1 is 1.12 bits per heavy atom. The maximum absolute atomic E-state index is 12.7. The maximum Gasteiger partial charge on any atom is 0.227 e. The normalized spacial score (nSPS) is 12.5. The molecule has 4 nitrogen and oxygen atoms in total. The predicted molar refractivity (Wildman–Crippen MR) is 107 cm³/mol. The predicted octanol–water partition coefficient (Wildman–Crippen LogP) is 4.30. The highest BCUT2D eigenvalue weighted by atomic mass is 16.5. The topological polar surface area (TPSA) is 64.4 Å². The highest BCUT2D eigenvalue weighted by Crippen LogP contribution is 2.31. The molecule has 140 valence electrons. The Kier molecular flexibility index (Phi) is 6.81. The number of nitrogens with two attached hydrogens (primary N) is 1. The lowest BCUT2D eigenvalue weighted by Gasteiger charge is -2.30. The van der Waals surface area contributed by atoms with Crippen molar-refractivity contribution < 1.29 is 9.53 Å². The van der Waals surface area contributed by atoms with E-state index in [0.29, 0.717) is 6.54 Å². The maximum atomic E-state index is 12.7. The van der Waals surface area contributed by atoms with E-state index in [1.165, 1.54) is 0 Å². The molecule has 0 spiro atoms. The number of amides is 1. The van der Waals surface area contributed by atoms with Crippen LogP contribution in [0.25, 0.3) is 11.1 Å². The van der Waals surface area contributed by atoms with Gasteiger partial charge in [0, 0.05) is 12.1 Å². The van der Waals surface area contributed by atoms with Crippen LogP contribution >= 0.6 is 0 Å². The first-order valence-electron chi connectivity index (χ1n) is 9.25. The van der Waals surface area contributed by atoms with Crippen LogP contribution in [0.5, 0.6) is 5.75 Å². The summed E-state index contributed by atoms with van der Waals surface area (Å²) in [4.78, 5) is 12.7. The molecule has 4 heteroatoms. The van der Waals surface area contributed by atoms with Crippen LogP contribution in [0.15, 0.2) is 48.5 Å². The summed E-state index contributed by atoms with van der Waals surface area (Å²) in [6, 6.07) is 16.1. The molecule has 2 aromatic rings. The summed E-state index contributed by atoms with van der Waals surface area (Å²) in [7, 11) is 1.68. The molecule has 2 aromatic carbocycles. The van der Waals surface area contributed by atoms with Gasteiger partial charge in [0.2, 0.25) is 5.91 Å². The van der Waals surface area contributed by atoms with Crippen molar-refractivity contribution in [2.24, 2.45) is 11.1 Å². The number of hydrogen-bond acceptors (Lipinski definition) is 3. The molecule has 1 amide bonds. The van der Waals surface area contributed by atoms with Gasteiger partial charge in [-0.1, -0.05) is 56.3 Å². The molecule has 0 aliphatic heterocycles. The van der Waals surface area contributed by atoms with Gasteiger partial charge in [0.25, 0.3) is 0 Å². The highest BCUT2D eigenvalue weighted by molar-refractivity contribution is 5.83. The highest BCUT2D eigenvalue weighted by Gasteiger charge is 2.34. The second kappa shape index (κ2) is 8.86. The third-order valence-electron chi connectivity index (χ3n) is 5.40. The van der Waals surface area contributed by atoms with E-state index < -0.39 is 5.41 Å². The lowest BCUT2D eigenvalue weighted by Crippen LogP contribution is -2.46. The van der Waals surface area contributed by atoms with Crippen molar-refractivity contribution in [1.29, 1.82) is 0 Å². The number of ether oxygens (including phenoxy) is 1. The van der Waals surface area contributed by atoms with Crippen molar-refractivity contribution in [2.75, 3.05) is 13.7 Å². The first-order chi connectivity index (χ1) is 12.5. The fourth-order valence-electron chi connectivity index (χ4n) is 3.22. The molecule has 0 radical (unpaired) electrons. The zero-order chi connectivity index (χ0) is 19.2. The van der Waals surface area contributed by atoms with Gasteiger partial charge in [-0.15, -0.1) is 0 Å². The minimum Gasteiger partial charge on any atom is -0.496 e. The molecule has 26 heavy (non-hydrogen) atoms. The molecule has 0 bridgehead atoms. The summed E-state index contributed by atoms with van der Waals surface area (Å²) in [5.41, 5.74) is 8.61. The molecule has 2 rings (SSSR count). The third kappa shape index (κ3) is 4.07. The van der Waals surface area contributed by atoms with E-state index in [9.17, 15) is 4.79 Å². The Morgan fingerprint density at radius 3 is 2.27 bits per heavy atom. The van der Waals surface area contributed by atoms with E-state index in [-0.39, 0.29) is 11.9 Å². The molecule has 0 fully saturated rings. The van der Waals surface area contributed by atoms with E-state index in [1.807, 2.05) is 45.0 Å². The van der Waals surface area contributed by atoms with Crippen molar-refractivity contribution in [3.8, 4) is 16.9 Å². The van der Waals surface area contributed by atoms with Crippen molar-refractivity contribution in [3.63, 3.8) is 0 Å². The molecular formula is C22H30N2O2. The van der Waals surface area contributed by atoms with Crippen LogP contribution in [0.2, 0.25) is 0 Å². The van der Waals surface area contributed by atoms with Gasteiger partial charge in [-0.3, -0.25) is 4.79 Å². The summed E-state index contributed by atoms with van der Waals surface area (Å²) in [5.74, 6) is 0.881. The van der Waals surface area contributed by atoms with E-state index in [2.05, 4.69) is 29.6 Å². The Balaban J connectivity index is 2.16. The van der Waals surface area contributed by atoms with Crippen LogP contribution in [-0.2, 0) is 4.79 Å². The minimum absolute atomic E-state index is 0.0336. The van der Waals surface area contributed by atoms with Crippen LogP contribution in [0.3, 0.4) is 0 Å². The zero-order valence-corrected chi connectivity index (χ0v) is 16.2. The first kappa shape index (κ1) is 20.0. The summed E-state index contributed by atoms with van der Waals surface area (Å²) >= 11 is 0. The number of rotatable bonds is 8. The van der Waals surface area contributed by atoms with Gasteiger partial charge in [0.05, 0.1) is 18.6 Å². The Bertz CT molecular complexity index is 713. The molecule has 0 aromatic heterocycles. The molecule has 1 unspecified atom stereocenters. The lowest BCUT2D eigenvalue weighted by molar-refractivity contribution is -0.131. The van der Waals surface area contributed by atoms with E-state index in [4.69, 9.17) is 10.5 Å². The Morgan fingerprint density at radius 2 is 1.73 bits per heavy atom. The van der Waals surface area contributed by atoms with Crippen molar-refractivity contribution in [1.82, 2.24) is 5.32 Å². The first-order valence-corrected chi connectivity index (χ1v) is 9.25. The Labute approximate surface area is 156 Å². The SMILES string of the molecule is CCC(CC)(CN)C(=O)NC(C)c1ccc(-c2ccccc2OC)cc1. The molecule has 0 saturated heterocycles. The number of methoxy groups -OCH3 is 1. The van der Waals surface area contributed by atoms with Crippen molar-refractivity contribution in [3.05, 3.63) is 54.1 Å². The monoisotopic (exact) mass is 354 g/mol. The molecule has 1 atom stereocenters. The van der Waals surface area contributed by atoms with Gasteiger partial charge in [0.1, 0.15) is 5.75 Å². The average Bonchev–Trinajstić information content (AvgIpc) is 2.69. The standard InChI is InChI=1S/C22H30N2O2/c1-5-22(6-2,15-23)21(25)24-16(3)17-11-13-18(14-12-17)19-9-7-8-10-20(19)26-4/h7-14,16H,5-6,15,23H2,1-4H3,(H,24,25). The van der Waals surface area contributed by atoms with Crippen molar-refractivity contribution >= 4 is 5.91 Å². The second-order valence-electron chi connectivity index (χ2n) is 6.71. The second-order valence-corrected chi connectivity index (χ2v) is 6.71. The molecule has 0 saturated carbocycles. The molecule has 0 aliphatic carbocycles. The Hall–Kier alpha value is -2.33. The van der Waals surface area contributed by atoms with Crippen LogP contribution in [0, 0.1) is 5.41 Å². The van der Waals surface area contributed by atoms with Gasteiger partial charge in [0.15, 0.2) is 0 Å². The number of nitrogens with one attached hydrogen (secondary N) is 1. The summed E-state index contributed by atoms with van der Waals surface area (Å²) < 4.78 is 5.44. The smallest absolute Gasteiger partial charge is 0.227 e. The van der Waals surface area contributed by atoms with Crippen LogP contribution in [0.4, 0.5) is 0 Å². The zero-order valence-electron chi connectivity index (χ0n) is 16.2. The fourth-order valence-corrected chi connectivity index (χ4v) is 3.22. The van der Waals surface area contributed by atoms with Gasteiger partial charge >= 0.3 is 0 Å². The summed E-state index contributed by atoms with van der Waals surface area (Å²) in [5, 5.41) is 3.13. The molecule has 3 N–H and O–H groups in total. The quantitative estimate of drug-likeness (QED) is 0.743. The van der Waals surface area contributed by atoms with Crippen molar-refractivity contribution in [2.45, 2.75) is 39.7 Å². The summed E-state index contributed by atoms with van der Waals surface area (Å²) in [6.07, 6.45) is 1.48. The average molecular weight is 354 g/mol. The third-order valence-corrected chi connectivity index (χ3v) is 5.40. The summed E-state index contributed by atoms with van der Waals surface area (Å²) in [6.45, 7) is 6.40. The van der Waals surface area contributed by atoms with Crippen LogP contribution in [0.1, 0.15) is 45.2 Å². The molecule has 0 heterocycles. The molecule has 0 aliphatic rings. The largest absolute Gasteiger partial charge is 0.496 e. The van der Waals surface area contributed by atoms with Gasteiger partial charge in [-0.05, 0) is 37.0 Å². The van der Waals surface area contributed by atoms with Gasteiger partial charge < -0.3 is 15.8 Å². The van der Waals surface area contributed by atoms with E-state index in [1.54, 1.807) is 7.11 Å². The van der Waals surface area contributed by atoms with Crippen LogP contribution < -0.4 is 15.8 Å². The van der Waals surface area contributed by atoms with E-state index >= 15 is 0 Å². The number of benzene rings is 2. The number of para-hydroxylation sites is 1. The van der Waals surface area contributed by atoms with Crippen LogP contribution in [-0.4, -0.2) is 19.6 Å². The van der Waals surface area contributed by atoms with Gasteiger partial charge in [-0.25, -0.2) is 0 Å².